The van der Waals surface area contributed by atoms with E-state index in [9.17, 15) is 4.79 Å². The molecule has 3 nitrogen and oxygen atoms in total. The molecule has 0 spiro atoms. The number of rotatable bonds is 4. The van der Waals surface area contributed by atoms with Crippen molar-refractivity contribution in [3.05, 3.63) is 29.8 Å². The lowest BCUT2D eigenvalue weighted by Crippen LogP contribution is -2.26. The van der Waals surface area contributed by atoms with Crippen LogP contribution in [0, 0.1) is 0 Å². The fraction of sp³-hybridized carbons (Fsp3) is 0.500. The highest BCUT2D eigenvalue weighted by Gasteiger charge is 2.16. The number of benzene rings is 1. The van der Waals surface area contributed by atoms with Crippen LogP contribution in [-0.2, 0) is 0 Å². The molecule has 1 aromatic rings. The molecular formula is C14H20N2O. The molecule has 1 aliphatic heterocycles. The number of hydrogen-bond acceptors (Lipinski definition) is 3. The van der Waals surface area contributed by atoms with Crippen molar-refractivity contribution in [2.75, 3.05) is 38.6 Å². The molecule has 0 unspecified atom stereocenters. The Kier molecular flexibility index (Phi) is 3.79. The SMILES string of the molecule is CN(C)c1ccc(C(=O)CN2CCCC2)cc1. The minimum Gasteiger partial charge on any atom is -0.378 e. The van der Waals surface area contributed by atoms with Gasteiger partial charge in [-0.3, -0.25) is 9.69 Å². The van der Waals surface area contributed by atoms with E-state index in [2.05, 4.69) is 4.90 Å². The molecule has 0 aromatic heterocycles. The number of likely N-dealkylation sites (tertiary alicyclic amines) is 1. The zero-order chi connectivity index (χ0) is 12.3. The first-order valence-corrected chi connectivity index (χ1v) is 6.20. The summed E-state index contributed by atoms with van der Waals surface area (Å²) < 4.78 is 0. The molecule has 1 aliphatic rings. The Balaban J connectivity index is 1.98. The van der Waals surface area contributed by atoms with Gasteiger partial charge in [-0.25, -0.2) is 0 Å². The van der Waals surface area contributed by atoms with Crippen LogP contribution in [0.15, 0.2) is 24.3 Å². The first-order valence-electron chi connectivity index (χ1n) is 6.20. The molecule has 0 aliphatic carbocycles. The summed E-state index contributed by atoms with van der Waals surface area (Å²) in [5, 5.41) is 0. The average Bonchev–Trinajstić information content (AvgIpc) is 2.82. The van der Waals surface area contributed by atoms with Crippen molar-refractivity contribution >= 4 is 11.5 Å². The number of anilines is 1. The smallest absolute Gasteiger partial charge is 0.176 e. The Bertz CT molecular complexity index is 378. The van der Waals surface area contributed by atoms with Gasteiger partial charge in [0.15, 0.2) is 5.78 Å². The highest BCUT2D eigenvalue weighted by atomic mass is 16.1. The number of ketones is 1. The minimum atomic E-state index is 0.234. The molecule has 0 atom stereocenters. The Morgan fingerprint density at radius 3 is 2.29 bits per heavy atom. The first kappa shape index (κ1) is 12.1. The topological polar surface area (TPSA) is 23.6 Å². The molecule has 1 saturated heterocycles. The highest BCUT2D eigenvalue weighted by molar-refractivity contribution is 5.97. The van der Waals surface area contributed by atoms with Gasteiger partial charge in [0.25, 0.3) is 0 Å². The van der Waals surface area contributed by atoms with E-state index in [4.69, 9.17) is 0 Å². The molecule has 1 aromatic carbocycles. The average molecular weight is 232 g/mol. The number of carbonyl (C=O) groups is 1. The summed E-state index contributed by atoms with van der Waals surface area (Å²) in [5.41, 5.74) is 1.95. The van der Waals surface area contributed by atoms with Crippen molar-refractivity contribution in [3.8, 4) is 0 Å². The standard InChI is InChI=1S/C14H20N2O/c1-15(2)13-7-5-12(6-8-13)14(17)11-16-9-3-4-10-16/h5-8H,3-4,9-11H2,1-2H3. The molecule has 0 saturated carbocycles. The molecule has 92 valence electrons. The second-order valence-corrected chi connectivity index (χ2v) is 4.85. The van der Waals surface area contributed by atoms with Gasteiger partial charge in [-0.05, 0) is 50.2 Å². The Morgan fingerprint density at radius 1 is 1.18 bits per heavy atom. The molecule has 0 bridgehead atoms. The fourth-order valence-electron chi connectivity index (χ4n) is 2.18. The quantitative estimate of drug-likeness (QED) is 0.742. The summed E-state index contributed by atoms with van der Waals surface area (Å²) in [5.74, 6) is 0.234. The van der Waals surface area contributed by atoms with Crippen LogP contribution in [0.4, 0.5) is 5.69 Å². The Hall–Kier alpha value is -1.35. The predicted octanol–water partition coefficient (Wildman–Crippen LogP) is 2.03. The van der Waals surface area contributed by atoms with Gasteiger partial charge in [-0.1, -0.05) is 0 Å². The summed E-state index contributed by atoms with van der Waals surface area (Å²) in [4.78, 5) is 16.3. The fourth-order valence-corrected chi connectivity index (χ4v) is 2.18. The van der Waals surface area contributed by atoms with Crippen LogP contribution < -0.4 is 4.90 Å². The van der Waals surface area contributed by atoms with Crippen LogP contribution in [-0.4, -0.2) is 44.4 Å². The second kappa shape index (κ2) is 5.32. The maximum atomic E-state index is 12.0. The molecule has 0 amide bonds. The molecular weight excluding hydrogens is 212 g/mol. The largest absolute Gasteiger partial charge is 0.378 e. The monoisotopic (exact) mass is 232 g/mol. The third-order valence-electron chi connectivity index (χ3n) is 3.27. The van der Waals surface area contributed by atoms with Gasteiger partial charge in [0.1, 0.15) is 0 Å². The maximum absolute atomic E-state index is 12.0. The zero-order valence-electron chi connectivity index (χ0n) is 10.6. The van der Waals surface area contributed by atoms with Gasteiger partial charge >= 0.3 is 0 Å². The van der Waals surface area contributed by atoms with E-state index in [0.29, 0.717) is 6.54 Å². The lowest BCUT2D eigenvalue weighted by atomic mass is 10.1. The van der Waals surface area contributed by atoms with E-state index < -0.39 is 0 Å². The van der Waals surface area contributed by atoms with Gasteiger partial charge in [-0.2, -0.15) is 0 Å². The van der Waals surface area contributed by atoms with E-state index in [0.717, 1.165) is 24.3 Å². The van der Waals surface area contributed by atoms with Crippen molar-refractivity contribution in [3.63, 3.8) is 0 Å². The van der Waals surface area contributed by atoms with Crippen LogP contribution >= 0.6 is 0 Å². The van der Waals surface area contributed by atoms with Crippen LogP contribution in [0.25, 0.3) is 0 Å². The van der Waals surface area contributed by atoms with E-state index in [1.54, 1.807) is 0 Å². The van der Waals surface area contributed by atoms with Crippen molar-refractivity contribution < 1.29 is 4.79 Å². The first-order chi connectivity index (χ1) is 8.16. The lowest BCUT2D eigenvalue weighted by Gasteiger charge is -2.15. The molecule has 0 N–H and O–H groups in total. The lowest BCUT2D eigenvalue weighted by molar-refractivity contribution is 0.0945. The highest BCUT2D eigenvalue weighted by Crippen LogP contribution is 2.14. The summed E-state index contributed by atoms with van der Waals surface area (Å²) in [7, 11) is 4.00. The van der Waals surface area contributed by atoms with Gasteiger partial charge < -0.3 is 4.90 Å². The van der Waals surface area contributed by atoms with Crippen molar-refractivity contribution in [1.29, 1.82) is 0 Å². The van der Waals surface area contributed by atoms with Crippen molar-refractivity contribution in [2.45, 2.75) is 12.8 Å². The van der Waals surface area contributed by atoms with Crippen LogP contribution in [0.2, 0.25) is 0 Å². The summed E-state index contributed by atoms with van der Waals surface area (Å²) in [6, 6.07) is 7.84. The van der Waals surface area contributed by atoms with Crippen LogP contribution in [0.5, 0.6) is 0 Å². The molecule has 3 heteroatoms. The molecule has 0 radical (unpaired) electrons. The maximum Gasteiger partial charge on any atom is 0.176 e. The summed E-state index contributed by atoms with van der Waals surface area (Å²) in [6.07, 6.45) is 2.46. The molecule has 1 heterocycles. The van der Waals surface area contributed by atoms with Crippen LogP contribution in [0.3, 0.4) is 0 Å². The van der Waals surface area contributed by atoms with Gasteiger partial charge in [0.2, 0.25) is 0 Å². The third kappa shape index (κ3) is 3.07. The third-order valence-corrected chi connectivity index (χ3v) is 3.27. The predicted molar refractivity (Wildman–Crippen MR) is 70.8 cm³/mol. The minimum absolute atomic E-state index is 0.234. The normalized spacial score (nSPS) is 16.1. The number of carbonyl (C=O) groups excluding carboxylic acids is 1. The molecule has 1 fully saturated rings. The second-order valence-electron chi connectivity index (χ2n) is 4.85. The molecule has 17 heavy (non-hydrogen) atoms. The van der Waals surface area contributed by atoms with Gasteiger partial charge in [0, 0.05) is 25.3 Å². The zero-order valence-corrected chi connectivity index (χ0v) is 10.6. The van der Waals surface area contributed by atoms with E-state index in [1.165, 1.54) is 12.8 Å². The van der Waals surface area contributed by atoms with E-state index in [-0.39, 0.29) is 5.78 Å². The number of hydrogen-bond donors (Lipinski definition) is 0. The molecule has 2 rings (SSSR count). The van der Waals surface area contributed by atoms with Gasteiger partial charge in [-0.15, -0.1) is 0 Å². The number of nitrogens with zero attached hydrogens (tertiary/aromatic N) is 2. The Morgan fingerprint density at radius 2 is 1.76 bits per heavy atom. The number of Topliss-reactive ketones (excluding diaryl/α,β-unsaturated/α-hetero) is 1. The summed E-state index contributed by atoms with van der Waals surface area (Å²) in [6.45, 7) is 2.71. The Labute approximate surface area is 103 Å². The summed E-state index contributed by atoms with van der Waals surface area (Å²) >= 11 is 0. The van der Waals surface area contributed by atoms with E-state index >= 15 is 0 Å². The van der Waals surface area contributed by atoms with Crippen molar-refractivity contribution in [1.82, 2.24) is 4.90 Å². The van der Waals surface area contributed by atoms with Crippen LogP contribution in [0.1, 0.15) is 23.2 Å². The van der Waals surface area contributed by atoms with Crippen molar-refractivity contribution in [2.24, 2.45) is 0 Å². The van der Waals surface area contributed by atoms with Gasteiger partial charge in [0.05, 0.1) is 6.54 Å². The van der Waals surface area contributed by atoms with E-state index in [1.807, 2.05) is 43.3 Å².